The Labute approximate surface area is 62.5 Å². The predicted octanol–water partition coefficient (Wildman–Crippen LogP) is -0.608. The van der Waals surface area contributed by atoms with Crippen LogP contribution in [0.15, 0.2) is 0 Å². The number of nitrogens with one attached hydrogen (secondary N) is 1. The molecule has 0 aromatic heterocycles. The lowest BCUT2D eigenvalue weighted by molar-refractivity contribution is 0.383. The monoisotopic (exact) mass is 142 g/mol. The van der Waals surface area contributed by atoms with Gasteiger partial charge in [-0.3, -0.25) is 0 Å². The van der Waals surface area contributed by atoms with Crippen molar-refractivity contribution in [3.63, 3.8) is 0 Å². The smallest absolute Gasteiger partial charge is 0.376 e. The molecule has 1 aliphatic heterocycles. The van der Waals surface area contributed by atoms with Gasteiger partial charge >= 0.3 is 7.05 Å². The Morgan fingerprint density at radius 1 is 1.40 bits per heavy atom. The Hall–Kier alpha value is -0.0551. The molecule has 0 aliphatic carbocycles. The summed E-state index contributed by atoms with van der Waals surface area (Å²) in [7, 11) is -0.278. The van der Waals surface area contributed by atoms with Crippen LogP contribution in [0.4, 0.5) is 0 Å². The van der Waals surface area contributed by atoms with Crippen LogP contribution in [-0.2, 0) is 0 Å². The van der Waals surface area contributed by atoms with Crippen LogP contribution < -0.4 is 5.32 Å². The molecule has 1 saturated heterocycles. The maximum Gasteiger partial charge on any atom is 0.376 e. The second kappa shape index (κ2) is 3.96. The average Bonchev–Trinajstić information content (AvgIpc) is 2.12. The topological polar surface area (TPSA) is 35.5 Å². The molecule has 2 N–H and O–H groups in total. The molecule has 4 heteroatoms. The highest BCUT2D eigenvalue weighted by atomic mass is 16.2. The highest BCUT2D eigenvalue weighted by molar-refractivity contribution is 6.45. The molecule has 0 spiro atoms. The number of hydrogen-bond acceptors (Lipinski definition) is 3. The molecule has 0 unspecified atom stereocenters. The molecule has 10 heavy (non-hydrogen) atoms. The lowest BCUT2D eigenvalue weighted by Gasteiger charge is -2.19. The summed E-state index contributed by atoms with van der Waals surface area (Å²) in [5, 5.41) is 12.5. The van der Waals surface area contributed by atoms with Crippen molar-refractivity contribution < 1.29 is 5.02 Å². The molecule has 0 bridgehead atoms. The van der Waals surface area contributed by atoms with E-state index in [2.05, 4.69) is 10.1 Å². The summed E-state index contributed by atoms with van der Waals surface area (Å²) >= 11 is 0. The Morgan fingerprint density at radius 2 is 2.20 bits per heavy atom. The van der Waals surface area contributed by atoms with Crippen molar-refractivity contribution in [1.29, 1.82) is 0 Å². The van der Waals surface area contributed by atoms with E-state index < -0.39 is 0 Å². The fourth-order valence-electron chi connectivity index (χ4n) is 1.24. The molecule has 1 rings (SSSR count). The second-order valence-corrected chi connectivity index (χ2v) is 2.77. The SMILES string of the molecule is CB(O)N1CCCNCC1. The summed E-state index contributed by atoms with van der Waals surface area (Å²) in [6.45, 7) is 5.90. The van der Waals surface area contributed by atoms with Gasteiger partial charge in [-0.25, -0.2) is 0 Å². The minimum atomic E-state index is -0.278. The zero-order valence-corrected chi connectivity index (χ0v) is 6.51. The van der Waals surface area contributed by atoms with E-state index in [1.807, 2.05) is 6.82 Å². The van der Waals surface area contributed by atoms with Crippen LogP contribution >= 0.6 is 0 Å². The molecular weight excluding hydrogens is 127 g/mol. The summed E-state index contributed by atoms with van der Waals surface area (Å²) in [4.78, 5) is 2.08. The number of rotatable bonds is 1. The maximum absolute atomic E-state index is 9.20. The molecule has 0 atom stereocenters. The fourth-order valence-corrected chi connectivity index (χ4v) is 1.24. The van der Waals surface area contributed by atoms with E-state index in [1.165, 1.54) is 0 Å². The summed E-state index contributed by atoms with van der Waals surface area (Å²) in [6.07, 6.45) is 1.14. The van der Waals surface area contributed by atoms with Crippen molar-refractivity contribution in [3.8, 4) is 0 Å². The highest BCUT2D eigenvalue weighted by Crippen LogP contribution is 1.96. The first-order valence-electron chi connectivity index (χ1n) is 3.93. The Morgan fingerprint density at radius 3 is 2.90 bits per heavy atom. The van der Waals surface area contributed by atoms with Crippen LogP contribution in [0, 0.1) is 0 Å². The standard InChI is InChI=1S/C6H15BN2O/c1-7(10)9-5-2-3-8-4-6-9/h8,10H,2-6H2,1H3. The van der Waals surface area contributed by atoms with Gasteiger partial charge in [0.15, 0.2) is 0 Å². The number of nitrogens with zero attached hydrogens (tertiary/aromatic N) is 1. The molecule has 0 amide bonds. The van der Waals surface area contributed by atoms with E-state index in [-0.39, 0.29) is 7.05 Å². The molecule has 0 saturated carbocycles. The van der Waals surface area contributed by atoms with Gasteiger partial charge in [-0.05, 0) is 26.3 Å². The third-order valence-electron chi connectivity index (χ3n) is 1.90. The molecule has 1 fully saturated rings. The molecule has 0 aromatic carbocycles. The maximum atomic E-state index is 9.20. The van der Waals surface area contributed by atoms with E-state index in [0.717, 1.165) is 32.6 Å². The first kappa shape index (κ1) is 8.05. The third-order valence-corrected chi connectivity index (χ3v) is 1.90. The van der Waals surface area contributed by atoms with Crippen molar-refractivity contribution >= 4 is 7.05 Å². The first-order chi connectivity index (χ1) is 4.80. The lowest BCUT2D eigenvalue weighted by atomic mass is 9.85. The summed E-state index contributed by atoms with van der Waals surface area (Å²) in [6, 6.07) is 0. The molecule has 0 radical (unpaired) electrons. The predicted molar refractivity (Wildman–Crippen MR) is 42.9 cm³/mol. The van der Waals surface area contributed by atoms with Gasteiger partial charge in [0.1, 0.15) is 0 Å². The molecule has 1 aliphatic rings. The van der Waals surface area contributed by atoms with Gasteiger partial charge in [0.25, 0.3) is 0 Å². The van der Waals surface area contributed by atoms with Gasteiger partial charge in [0, 0.05) is 13.1 Å². The Balaban J connectivity index is 2.28. The van der Waals surface area contributed by atoms with Crippen LogP contribution in [0.1, 0.15) is 6.42 Å². The van der Waals surface area contributed by atoms with Gasteiger partial charge in [-0.2, -0.15) is 0 Å². The normalized spacial score (nSPS) is 22.2. The third kappa shape index (κ3) is 2.29. The molecule has 58 valence electrons. The molecular formula is C6H15BN2O. The van der Waals surface area contributed by atoms with Crippen LogP contribution in [0.25, 0.3) is 0 Å². The van der Waals surface area contributed by atoms with Crippen molar-refractivity contribution in [2.24, 2.45) is 0 Å². The van der Waals surface area contributed by atoms with Crippen LogP contribution in [0.2, 0.25) is 6.82 Å². The quantitative estimate of drug-likeness (QED) is 0.479. The average molecular weight is 142 g/mol. The van der Waals surface area contributed by atoms with Crippen molar-refractivity contribution in [1.82, 2.24) is 10.1 Å². The lowest BCUT2D eigenvalue weighted by Crippen LogP contribution is -2.39. The largest absolute Gasteiger partial charge is 0.437 e. The van der Waals surface area contributed by atoms with Crippen molar-refractivity contribution in [2.45, 2.75) is 13.2 Å². The summed E-state index contributed by atoms with van der Waals surface area (Å²) < 4.78 is 0. The zero-order chi connectivity index (χ0) is 7.40. The van der Waals surface area contributed by atoms with Crippen LogP contribution in [0.5, 0.6) is 0 Å². The van der Waals surface area contributed by atoms with E-state index in [4.69, 9.17) is 0 Å². The van der Waals surface area contributed by atoms with Gasteiger partial charge < -0.3 is 15.2 Å². The van der Waals surface area contributed by atoms with E-state index in [0.29, 0.717) is 0 Å². The van der Waals surface area contributed by atoms with E-state index in [1.54, 1.807) is 0 Å². The zero-order valence-electron chi connectivity index (χ0n) is 6.51. The van der Waals surface area contributed by atoms with Gasteiger partial charge in [-0.15, -0.1) is 0 Å². The van der Waals surface area contributed by atoms with E-state index in [9.17, 15) is 5.02 Å². The minimum absolute atomic E-state index is 0.278. The Kier molecular flexibility index (Phi) is 3.18. The molecule has 3 nitrogen and oxygen atoms in total. The van der Waals surface area contributed by atoms with Gasteiger partial charge in [-0.1, -0.05) is 0 Å². The highest BCUT2D eigenvalue weighted by Gasteiger charge is 2.16. The first-order valence-corrected chi connectivity index (χ1v) is 3.93. The van der Waals surface area contributed by atoms with Crippen molar-refractivity contribution in [3.05, 3.63) is 0 Å². The van der Waals surface area contributed by atoms with Gasteiger partial charge in [0.2, 0.25) is 0 Å². The van der Waals surface area contributed by atoms with Gasteiger partial charge in [0.05, 0.1) is 0 Å². The fraction of sp³-hybridized carbons (Fsp3) is 1.00. The summed E-state index contributed by atoms with van der Waals surface area (Å²) in [5.41, 5.74) is 0. The van der Waals surface area contributed by atoms with Crippen LogP contribution in [0.3, 0.4) is 0 Å². The molecule has 0 aromatic rings. The van der Waals surface area contributed by atoms with Crippen LogP contribution in [-0.4, -0.2) is 43.1 Å². The van der Waals surface area contributed by atoms with Crippen molar-refractivity contribution in [2.75, 3.05) is 26.2 Å². The second-order valence-electron chi connectivity index (χ2n) is 2.77. The minimum Gasteiger partial charge on any atom is -0.437 e. The summed E-state index contributed by atoms with van der Waals surface area (Å²) in [5.74, 6) is 0. The molecule has 1 heterocycles. The number of hydrogen-bond donors (Lipinski definition) is 2. The van der Waals surface area contributed by atoms with E-state index >= 15 is 0 Å². The Bertz CT molecular complexity index is 91.7.